The van der Waals surface area contributed by atoms with Gasteiger partial charge in [0.2, 0.25) is 11.8 Å². The number of benzene rings is 3. The van der Waals surface area contributed by atoms with E-state index in [0.717, 1.165) is 31.6 Å². The second-order valence-electron chi connectivity index (χ2n) is 11.7. The van der Waals surface area contributed by atoms with Gasteiger partial charge in [-0.25, -0.2) is 0 Å². The summed E-state index contributed by atoms with van der Waals surface area (Å²) in [4.78, 5) is 29.9. The number of aromatic nitrogens is 1. The molecule has 2 aliphatic rings. The van der Waals surface area contributed by atoms with E-state index in [9.17, 15) is 9.59 Å². The highest BCUT2D eigenvalue weighted by atomic mass is 16.5. The minimum absolute atomic E-state index is 0.00273. The lowest BCUT2D eigenvalue weighted by Crippen LogP contribution is -2.72. The first-order valence-corrected chi connectivity index (χ1v) is 14.5. The van der Waals surface area contributed by atoms with E-state index in [0.29, 0.717) is 19.7 Å². The minimum atomic E-state index is -0.847. The van der Waals surface area contributed by atoms with Crippen LogP contribution in [0.15, 0.2) is 91.1 Å². The van der Waals surface area contributed by atoms with Crippen LogP contribution in [-0.4, -0.2) is 63.9 Å². The van der Waals surface area contributed by atoms with Crippen molar-refractivity contribution in [2.75, 3.05) is 26.2 Å². The first kappa shape index (κ1) is 27.2. The fourth-order valence-electron chi connectivity index (χ4n) is 6.16. The fourth-order valence-corrected chi connectivity index (χ4v) is 6.16. The summed E-state index contributed by atoms with van der Waals surface area (Å²) in [5.74, 6) is -0.0720. The number of carbonyl (C=O) groups is 2. The summed E-state index contributed by atoms with van der Waals surface area (Å²) in [6, 6.07) is 28.9. The molecule has 7 nitrogen and oxygen atoms in total. The molecule has 2 unspecified atom stereocenters. The molecule has 7 heteroatoms. The van der Waals surface area contributed by atoms with E-state index < -0.39 is 11.6 Å². The zero-order valence-electron chi connectivity index (χ0n) is 23.8. The highest BCUT2D eigenvalue weighted by molar-refractivity contribution is 5.99. The van der Waals surface area contributed by atoms with Crippen molar-refractivity contribution in [1.29, 1.82) is 0 Å². The summed E-state index contributed by atoms with van der Waals surface area (Å²) in [5, 5.41) is 4.11. The molecule has 41 heavy (non-hydrogen) atoms. The summed E-state index contributed by atoms with van der Waals surface area (Å²) >= 11 is 0. The monoisotopic (exact) mass is 550 g/mol. The molecular weight excluding hydrogens is 512 g/mol. The Morgan fingerprint density at radius 1 is 0.902 bits per heavy atom. The van der Waals surface area contributed by atoms with Crippen LogP contribution in [0.25, 0.3) is 10.9 Å². The van der Waals surface area contributed by atoms with Crippen LogP contribution in [-0.2, 0) is 27.5 Å². The molecule has 2 saturated heterocycles. The molecule has 1 aromatic heterocycles. The van der Waals surface area contributed by atoms with E-state index in [-0.39, 0.29) is 17.9 Å². The van der Waals surface area contributed by atoms with Crippen molar-refractivity contribution in [3.05, 3.63) is 108 Å². The molecule has 0 saturated carbocycles. The van der Waals surface area contributed by atoms with Gasteiger partial charge in [-0.3, -0.25) is 14.5 Å². The average molecular weight is 551 g/mol. The third-order valence-corrected chi connectivity index (χ3v) is 8.36. The number of para-hydroxylation sites is 1. The van der Waals surface area contributed by atoms with Crippen LogP contribution in [0.2, 0.25) is 0 Å². The minimum Gasteiger partial charge on any atom is -0.369 e. The molecule has 212 valence electrons. The zero-order chi connectivity index (χ0) is 28.4. The number of hydrogen-bond acceptors (Lipinski definition) is 4. The smallest absolute Gasteiger partial charge is 0.248 e. The molecule has 0 bridgehead atoms. The molecule has 4 aromatic rings. The Morgan fingerprint density at radius 3 is 2.34 bits per heavy atom. The Morgan fingerprint density at radius 2 is 1.59 bits per heavy atom. The zero-order valence-corrected chi connectivity index (χ0v) is 23.8. The molecule has 2 aliphatic heterocycles. The normalized spacial score (nSPS) is 19.7. The molecule has 0 aliphatic carbocycles. The van der Waals surface area contributed by atoms with Crippen LogP contribution in [0.1, 0.15) is 43.1 Å². The average Bonchev–Trinajstić information content (AvgIpc) is 3.35. The highest BCUT2D eigenvalue weighted by Crippen LogP contribution is 2.33. The van der Waals surface area contributed by atoms with Crippen LogP contribution < -0.4 is 5.32 Å². The predicted molar refractivity (Wildman–Crippen MR) is 160 cm³/mol. The second-order valence-corrected chi connectivity index (χ2v) is 11.7. The number of ether oxygens (including phenoxy) is 1. The molecule has 3 heterocycles. The van der Waals surface area contributed by atoms with Gasteiger partial charge in [-0.15, -0.1) is 0 Å². The van der Waals surface area contributed by atoms with Crippen molar-refractivity contribution < 1.29 is 14.3 Å². The Bertz CT molecular complexity index is 1520. The Kier molecular flexibility index (Phi) is 7.65. The number of amides is 2. The third-order valence-electron chi connectivity index (χ3n) is 8.36. The van der Waals surface area contributed by atoms with E-state index in [4.69, 9.17) is 4.74 Å². The van der Waals surface area contributed by atoms with Crippen LogP contribution in [0.5, 0.6) is 0 Å². The largest absolute Gasteiger partial charge is 0.369 e. The lowest BCUT2D eigenvalue weighted by atomic mass is 9.95. The van der Waals surface area contributed by atoms with Crippen LogP contribution in [0.3, 0.4) is 0 Å². The van der Waals surface area contributed by atoms with E-state index >= 15 is 0 Å². The lowest BCUT2D eigenvalue weighted by molar-refractivity contribution is -0.157. The predicted octanol–water partition coefficient (Wildman–Crippen LogP) is 4.76. The molecule has 0 spiro atoms. The summed E-state index contributed by atoms with van der Waals surface area (Å²) < 4.78 is 8.98. The highest BCUT2D eigenvalue weighted by Gasteiger charge is 2.47. The Balaban J connectivity index is 1.24. The van der Waals surface area contributed by atoms with Gasteiger partial charge in [-0.2, -0.15) is 0 Å². The van der Waals surface area contributed by atoms with Crippen molar-refractivity contribution in [3.8, 4) is 0 Å². The first-order valence-electron chi connectivity index (χ1n) is 14.5. The van der Waals surface area contributed by atoms with Crippen LogP contribution in [0, 0.1) is 0 Å². The maximum atomic E-state index is 12.9. The maximum Gasteiger partial charge on any atom is 0.248 e. The topological polar surface area (TPSA) is 66.8 Å². The molecule has 2 fully saturated rings. The first-order chi connectivity index (χ1) is 19.9. The van der Waals surface area contributed by atoms with Crippen LogP contribution in [0.4, 0.5) is 0 Å². The molecule has 2 atom stereocenters. The molecule has 6 rings (SSSR count). The summed E-state index contributed by atoms with van der Waals surface area (Å²) in [5.41, 5.74) is 3.91. The van der Waals surface area contributed by atoms with E-state index in [1.165, 1.54) is 22.0 Å². The van der Waals surface area contributed by atoms with Crippen molar-refractivity contribution in [1.82, 2.24) is 19.7 Å². The summed E-state index contributed by atoms with van der Waals surface area (Å²) in [7, 11) is 0. The SMILES string of the molecule is CC1(C)NC(=O)C2CN(CCC(OCc3ccccc3)c3cn(Cc4ccccc4)c4ccccc34)CCN2C1=O. The quantitative estimate of drug-likeness (QED) is 0.326. The van der Waals surface area contributed by atoms with Gasteiger partial charge in [0, 0.05) is 55.4 Å². The summed E-state index contributed by atoms with van der Waals surface area (Å²) in [6.45, 7) is 7.47. The number of piperazine rings is 2. The van der Waals surface area contributed by atoms with Crippen molar-refractivity contribution in [2.24, 2.45) is 0 Å². The number of nitrogens with one attached hydrogen (secondary N) is 1. The Hall–Kier alpha value is -3.94. The van der Waals surface area contributed by atoms with Gasteiger partial charge in [0.1, 0.15) is 11.6 Å². The lowest BCUT2D eigenvalue weighted by Gasteiger charge is -2.48. The van der Waals surface area contributed by atoms with Gasteiger partial charge < -0.3 is 19.5 Å². The standard InChI is InChI=1S/C34H38N4O3/c1-34(2)33(40)38-20-19-36(23-30(38)32(39)35-34)18-17-31(41-24-26-13-7-4-8-14-26)28-22-37(21-25-11-5-3-6-12-25)29-16-10-9-15-27(28)29/h3-16,22,30-31H,17-21,23-24H2,1-2H3,(H,35,39). The number of carbonyl (C=O) groups excluding carboxylic acids is 2. The molecular formula is C34H38N4O3. The number of rotatable bonds is 9. The van der Waals surface area contributed by atoms with Gasteiger partial charge >= 0.3 is 0 Å². The van der Waals surface area contributed by atoms with Crippen LogP contribution >= 0.6 is 0 Å². The van der Waals surface area contributed by atoms with Gasteiger partial charge in [-0.05, 0) is 37.5 Å². The maximum absolute atomic E-state index is 12.9. The summed E-state index contributed by atoms with van der Waals surface area (Å²) in [6.07, 6.45) is 2.90. The van der Waals surface area contributed by atoms with Gasteiger partial charge in [0.05, 0.1) is 12.7 Å². The second kappa shape index (κ2) is 11.5. The molecule has 0 radical (unpaired) electrons. The number of nitrogens with zero attached hydrogens (tertiary/aromatic N) is 3. The van der Waals surface area contributed by atoms with Gasteiger partial charge in [0.25, 0.3) is 0 Å². The number of hydrogen-bond donors (Lipinski definition) is 1. The molecule has 3 aromatic carbocycles. The third kappa shape index (κ3) is 5.78. The van der Waals surface area contributed by atoms with E-state index in [1.54, 1.807) is 18.7 Å². The molecule has 1 N–H and O–H groups in total. The van der Waals surface area contributed by atoms with Crippen molar-refractivity contribution in [3.63, 3.8) is 0 Å². The van der Waals surface area contributed by atoms with E-state index in [1.807, 2.05) is 24.3 Å². The Labute approximate surface area is 241 Å². The fraction of sp³-hybridized carbons (Fsp3) is 0.353. The van der Waals surface area contributed by atoms with Gasteiger partial charge in [-0.1, -0.05) is 78.9 Å². The van der Waals surface area contributed by atoms with Gasteiger partial charge in [0.15, 0.2) is 0 Å². The van der Waals surface area contributed by atoms with Crippen molar-refractivity contribution >= 4 is 22.7 Å². The van der Waals surface area contributed by atoms with E-state index in [2.05, 4.69) is 81.6 Å². The van der Waals surface area contributed by atoms with Crippen molar-refractivity contribution in [2.45, 2.75) is 51.1 Å². The number of fused-ring (bicyclic) bond motifs is 2. The molecule has 2 amide bonds.